The zero-order valence-electron chi connectivity index (χ0n) is 25.1. The van der Waals surface area contributed by atoms with Crippen LogP contribution in [0.15, 0.2) is 60.8 Å². The third kappa shape index (κ3) is 7.29. The van der Waals surface area contributed by atoms with Gasteiger partial charge in [0.05, 0.1) is 11.4 Å². The molecule has 1 saturated carbocycles. The molecule has 3 N–H and O–H groups in total. The average Bonchev–Trinajstić information content (AvgIpc) is 3.76. The zero-order valence-corrected chi connectivity index (χ0v) is 27.5. The van der Waals surface area contributed by atoms with Crippen molar-refractivity contribution in [2.75, 3.05) is 16.6 Å². The summed E-state index contributed by atoms with van der Waals surface area (Å²) < 4.78 is 85.9. The normalized spacial score (nSPS) is 21.8. The highest BCUT2D eigenvalue weighted by Crippen LogP contribution is 2.50. The Bertz CT molecular complexity index is 1950. The van der Waals surface area contributed by atoms with Gasteiger partial charge in [-0.25, -0.2) is 26.7 Å². The number of sulfone groups is 1. The number of aliphatic hydroxyl groups is 2. The minimum atomic E-state index is -4.63. The van der Waals surface area contributed by atoms with Crippen LogP contribution in [0.4, 0.5) is 14.5 Å². The molecule has 4 atom stereocenters. The van der Waals surface area contributed by atoms with Gasteiger partial charge < -0.3 is 33.9 Å². The molecule has 17 heteroatoms. The van der Waals surface area contributed by atoms with Gasteiger partial charge in [0.15, 0.2) is 26.7 Å². The van der Waals surface area contributed by atoms with Crippen LogP contribution < -0.4 is 14.4 Å². The summed E-state index contributed by atoms with van der Waals surface area (Å²) in [5.74, 6) is -2.46. The number of hydrogen-bond donors (Lipinski definition) is 3. The summed E-state index contributed by atoms with van der Waals surface area (Å²) in [7, 11) is -9.09. The zero-order chi connectivity index (χ0) is 34.2. The van der Waals surface area contributed by atoms with Gasteiger partial charge in [0, 0.05) is 17.6 Å². The molecule has 2 aromatic heterocycles. The van der Waals surface area contributed by atoms with Gasteiger partial charge in [-0.3, -0.25) is 0 Å². The Balaban J connectivity index is 1.24. The van der Waals surface area contributed by atoms with Crippen LogP contribution >= 0.6 is 19.2 Å². The van der Waals surface area contributed by atoms with Crippen molar-refractivity contribution in [2.45, 2.75) is 56.3 Å². The second-order valence-electron chi connectivity index (χ2n) is 11.6. The highest BCUT2D eigenvalue weighted by molar-refractivity contribution is 7.97. The lowest BCUT2D eigenvalue weighted by molar-refractivity contribution is -0.0288. The van der Waals surface area contributed by atoms with Crippen LogP contribution in [0.2, 0.25) is 5.15 Å². The van der Waals surface area contributed by atoms with Gasteiger partial charge in [-0.15, -0.1) is 0 Å². The first kappa shape index (κ1) is 34.1. The van der Waals surface area contributed by atoms with Crippen LogP contribution in [0.1, 0.15) is 37.5 Å². The molecule has 1 saturated heterocycles. The van der Waals surface area contributed by atoms with Crippen molar-refractivity contribution in [3.63, 3.8) is 0 Å². The van der Waals surface area contributed by atoms with Crippen LogP contribution in [0.5, 0.6) is 11.5 Å². The van der Waals surface area contributed by atoms with Crippen molar-refractivity contribution < 1.29 is 45.8 Å². The Morgan fingerprint density at radius 1 is 1.02 bits per heavy atom. The minimum Gasteiger partial charge on any atom is -0.415 e. The van der Waals surface area contributed by atoms with Gasteiger partial charge in [-0.1, -0.05) is 24.4 Å². The maximum Gasteiger partial charge on any atom is 0.445 e. The van der Waals surface area contributed by atoms with Crippen LogP contribution in [0, 0.1) is 23.0 Å². The third-order valence-electron chi connectivity index (χ3n) is 8.13. The first-order valence-electron chi connectivity index (χ1n) is 14.9. The van der Waals surface area contributed by atoms with Crippen molar-refractivity contribution in [2.24, 2.45) is 0 Å². The lowest BCUT2D eigenvalue weighted by Gasteiger charge is -2.21. The van der Waals surface area contributed by atoms with E-state index in [0.717, 1.165) is 74.2 Å². The van der Waals surface area contributed by atoms with E-state index in [1.165, 1.54) is 10.8 Å². The fraction of sp³-hybridized carbons (Fsp3) is 0.355. The number of hydrogen-bond acceptors (Lipinski definition) is 11. The van der Waals surface area contributed by atoms with E-state index in [1.54, 1.807) is 6.07 Å². The topological polar surface area (TPSA) is 173 Å². The number of pyridine rings is 1. The molecule has 2 aromatic carbocycles. The molecule has 0 radical (unpaired) electrons. The van der Waals surface area contributed by atoms with Crippen LogP contribution in [0.25, 0.3) is 11.0 Å². The summed E-state index contributed by atoms with van der Waals surface area (Å²) in [5.41, 5.74) is -0.355. The summed E-state index contributed by atoms with van der Waals surface area (Å²) >= 11 is 6.40. The molecule has 1 aliphatic heterocycles. The lowest BCUT2D eigenvalue weighted by Crippen LogP contribution is -2.36. The Hall–Kier alpha value is -3.77. The molecular formula is C31H30ClF2N4O8PS. The molecule has 1 aliphatic carbocycles. The molecule has 0 spiro atoms. The number of nitriles is 1. The number of benzene rings is 2. The molecule has 2 fully saturated rings. The average molecular weight is 723 g/mol. The number of ether oxygens (including phenoxy) is 1. The molecule has 0 amide bonds. The smallest absolute Gasteiger partial charge is 0.415 e. The second-order valence-corrected chi connectivity index (χ2v) is 16.4. The van der Waals surface area contributed by atoms with Crippen LogP contribution in [-0.4, -0.2) is 63.8 Å². The summed E-state index contributed by atoms with van der Waals surface area (Å²) in [6.45, 7) is 0. The highest BCUT2D eigenvalue weighted by atomic mass is 35.5. The molecule has 254 valence electrons. The summed E-state index contributed by atoms with van der Waals surface area (Å²) in [5, 5.41) is 35.5. The highest BCUT2D eigenvalue weighted by Gasteiger charge is 2.47. The maximum atomic E-state index is 13.9. The monoisotopic (exact) mass is 722 g/mol. The second kappa shape index (κ2) is 13.6. The predicted molar refractivity (Wildman–Crippen MR) is 172 cm³/mol. The van der Waals surface area contributed by atoms with Crippen molar-refractivity contribution in [3.05, 3.63) is 83.1 Å². The molecule has 3 heterocycles. The van der Waals surface area contributed by atoms with Crippen LogP contribution in [-0.2, 0) is 19.1 Å². The number of aromatic nitrogens is 2. The fourth-order valence-electron chi connectivity index (χ4n) is 5.89. The Labute approximate surface area is 279 Å². The molecule has 2 aliphatic rings. The van der Waals surface area contributed by atoms with Crippen molar-refractivity contribution >= 4 is 45.8 Å². The number of fused-ring (bicyclic) bond motifs is 1. The number of anilines is 1. The number of rotatable bonds is 11. The first-order valence-corrected chi connectivity index (χ1v) is 18.9. The largest absolute Gasteiger partial charge is 0.445 e. The fourth-order valence-corrected chi connectivity index (χ4v) is 10.6. The van der Waals surface area contributed by atoms with Crippen molar-refractivity contribution in [1.29, 1.82) is 5.26 Å². The maximum absolute atomic E-state index is 13.9. The molecule has 6 rings (SSSR count). The summed E-state index contributed by atoms with van der Waals surface area (Å²) in [6, 6.07) is 12.4. The van der Waals surface area contributed by atoms with E-state index in [4.69, 9.17) is 25.4 Å². The number of halogens is 3. The van der Waals surface area contributed by atoms with Crippen molar-refractivity contribution in [3.8, 4) is 17.6 Å². The molecular weight excluding hydrogens is 693 g/mol. The number of nitrogens with zero attached hydrogens (tertiary/aromatic N) is 3. The predicted octanol–water partition coefficient (Wildman–Crippen LogP) is 5.54. The Morgan fingerprint density at radius 3 is 2.17 bits per heavy atom. The third-order valence-corrected chi connectivity index (χ3v) is 13.1. The number of nitrogens with one attached hydrogen (secondary N) is 1. The van der Waals surface area contributed by atoms with Gasteiger partial charge in [-0.05, 0) is 67.4 Å². The van der Waals surface area contributed by atoms with Gasteiger partial charge in [0.1, 0.15) is 58.7 Å². The van der Waals surface area contributed by atoms with E-state index in [-0.39, 0.29) is 33.9 Å². The van der Waals surface area contributed by atoms with E-state index in [2.05, 4.69) is 16.4 Å². The molecule has 0 unspecified atom stereocenters. The van der Waals surface area contributed by atoms with Gasteiger partial charge in [-0.2, -0.15) is 5.26 Å². The number of aliphatic hydroxyl groups excluding tert-OH is 2. The molecule has 4 aromatic rings. The van der Waals surface area contributed by atoms with Gasteiger partial charge in [0.25, 0.3) is 0 Å². The van der Waals surface area contributed by atoms with E-state index in [9.17, 15) is 37.2 Å². The van der Waals surface area contributed by atoms with Crippen molar-refractivity contribution in [1.82, 2.24) is 9.55 Å². The SMILES string of the molecule is N#Cc1c(Cl)nc2c(ccn2[C@@H]2O[C@H](CS(=O)(=O)CP(=O)(Oc3ccc(F)cc3)Oc3ccc(F)cc3)[C@@H](O)[C@H]2O)c1NC1CCCC1. The van der Waals surface area contributed by atoms with Gasteiger partial charge in [0.2, 0.25) is 0 Å². The summed E-state index contributed by atoms with van der Waals surface area (Å²) in [4.78, 5) is 4.34. The molecule has 12 nitrogen and oxygen atoms in total. The van der Waals surface area contributed by atoms with E-state index >= 15 is 0 Å². The first-order chi connectivity index (χ1) is 22.8. The Kier molecular flexibility index (Phi) is 9.68. The van der Waals surface area contributed by atoms with E-state index in [1.807, 2.05) is 0 Å². The quantitative estimate of drug-likeness (QED) is 0.131. The van der Waals surface area contributed by atoms with E-state index in [0.29, 0.717) is 11.1 Å². The van der Waals surface area contributed by atoms with E-state index < -0.39 is 64.9 Å². The Morgan fingerprint density at radius 2 is 1.60 bits per heavy atom. The minimum absolute atomic E-state index is 0.0873. The standard InChI is InChI=1S/C31H30ClF2N4O8PS/c32-29-24(15-35)26(36-20-3-1-2-4-20)23-13-14-38(30(23)37-29)31-28(40)27(39)25(44-31)16-48(42,43)17-47(41,45-21-9-5-18(33)6-10-21)46-22-11-7-19(34)8-12-22/h5-14,20,25,27-28,31,39-40H,1-4,16-17H2,(H,36,37)/t25-,27-,28-,31-/m1/s1. The lowest BCUT2D eigenvalue weighted by atomic mass is 10.1. The van der Waals surface area contributed by atoms with Gasteiger partial charge >= 0.3 is 7.60 Å². The molecule has 48 heavy (non-hydrogen) atoms. The molecule has 0 bridgehead atoms. The van der Waals surface area contributed by atoms with Crippen LogP contribution in [0.3, 0.4) is 0 Å². The summed E-state index contributed by atoms with van der Waals surface area (Å²) in [6.07, 6.45) is -0.712.